The number of carbonyl (C=O) groups is 1. The monoisotopic (exact) mass is 315 g/mol. The van der Waals surface area contributed by atoms with E-state index in [1.54, 1.807) is 7.11 Å². The molecule has 6 nitrogen and oxygen atoms in total. The van der Waals surface area contributed by atoms with Gasteiger partial charge in [-0.15, -0.1) is 0 Å². The first kappa shape index (κ1) is 16.7. The molecule has 0 saturated carbocycles. The Labute approximate surface area is 134 Å². The number of methoxy groups -OCH3 is 1. The van der Waals surface area contributed by atoms with Crippen molar-refractivity contribution >= 4 is 5.91 Å². The first-order valence-electron chi connectivity index (χ1n) is 7.52. The summed E-state index contributed by atoms with van der Waals surface area (Å²) in [5.74, 6) is 0.939. The number of amides is 1. The van der Waals surface area contributed by atoms with E-state index in [1.807, 2.05) is 12.1 Å². The van der Waals surface area contributed by atoms with E-state index >= 15 is 0 Å². The van der Waals surface area contributed by atoms with Crippen molar-refractivity contribution < 1.29 is 9.53 Å². The van der Waals surface area contributed by atoms with Gasteiger partial charge in [0.15, 0.2) is 0 Å². The molecule has 2 aromatic rings. The highest BCUT2D eigenvalue weighted by Crippen LogP contribution is 2.27. The SMILES string of the molecule is COc1ccc(CCNC(=O)c2ccc(=O)[nH]n2)cc1C(C)C. The summed E-state index contributed by atoms with van der Waals surface area (Å²) < 4.78 is 5.36. The van der Waals surface area contributed by atoms with Crippen molar-refractivity contribution in [2.45, 2.75) is 26.2 Å². The van der Waals surface area contributed by atoms with Gasteiger partial charge in [0, 0.05) is 12.6 Å². The van der Waals surface area contributed by atoms with Crippen LogP contribution in [0.3, 0.4) is 0 Å². The van der Waals surface area contributed by atoms with Crippen LogP contribution in [0.4, 0.5) is 0 Å². The largest absolute Gasteiger partial charge is 0.496 e. The molecule has 1 amide bonds. The third-order valence-electron chi connectivity index (χ3n) is 3.53. The number of ether oxygens (including phenoxy) is 1. The van der Waals surface area contributed by atoms with Crippen molar-refractivity contribution in [1.29, 1.82) is 0 Å². The number of benzene rings is 1. The van der Waals surface area contributed by atoms with Crippen molar-refractivity contribution in [3.05, 3.63) is 57.5 Å². The maximum absolute atomic E-state index is 11.9. The summed E-state index contributed by atoms with van der Waals surface area (Å²) in [5.41, 5.74) is 2.14. The number of nitrogens with one attached hydrogen (secondary N) is 2. The van der Waals surface area contributed by atoms with Gasteiger partial charge < -0.3 is 10.1 Å². The van der Waals surface area contributed by atoms with Crippen molar-refractivity contribution in [3.8, 4) is 5.75 Å². The first-order chi connectivity index (χ1) is 11.0. The second-order valence-electron chi connectivity index (χ2n) is 5.54. The first-order valence-corrected chi connectivity index (χ1v) is 7.52. The molecule has 0 radical (unpaired) electrons. The van der Waals surface area contributed by atoms with Crippen LogP contribution >= 0.6 is 0 Å². The molecular weight excluding hydrogens is 294 g/mol. The van der Waals surface area contributed by atoms with Gasteiger partial charge in [0.05, 0.1) is 7.11 Å². The Morgan fingerprint density at radius 1 is 1.30 bits per heavy atom. The fourth-order valence-electron chi connectivity index (χ4n) is 2.27. The lowest BCUT2D eigenvalue weighted by Crippen LogP contribution is -2.27. The number of H-pyrrole nitrogens is 1. The zero-order valence-corrected chi connectivity index (χ0v) is 13.6. The van der Waals surface area contributed by atoms with Crippen LogP contribution in [0.2, 0.25) is 0 Å². The van der Waals surface area contributed by atoms with Gasteiger partial charge in [-0.2, -0.15) is 5.10 Å². The smallest absolute Gasteiger partial charge is 0.271 e. The highest BCUT2D eigenvalue weighted by atomic mass is 16.5. The number of hydrogen-bond acceptors (Lipinski definition) is 4. The molecule has 0 aliphatic heterocycles. The lowest BCUT2D eigenvalue weighted by atomic mass is 9.98. The molecule has 1 heterocycles. The third-order valence-corrected chi connectivity index (χ3v) is 3.53. The van der Waals surface area contributed by atoms with Crippen LogP contribution < -0.4 is 15.6 Å². The minimum atomic E-state index is -0.332. The minimum absolute atomic E-state index is 0.196. The van der Waals surface area contributed by atoms with Crippen LogP contribution in [0, 0.1) is 0 Å². The molecule has 0 fully saturated rings. The third kappa shape index (κ3) is 4.42. The summed E-state index contributed by atoms with van der Waals surface area (Å²) in [6, 6.07) is 8.73. The fraction of sp³-hybridized carbons (Fsp3) is 0.353. The zero-order valence-electron chi connectivity index (χ0n) is 13.6. The maximum atomic E-state index is 11.9. The second-order valence-corrected chi connectivity index (χ2v) is 5.54. The highest BCUT2D eigenvalue weighted by molar-refractivity contribution is 5.91. The maximum Gasteiger partial charge on any atom is 0.271 e. The molecular formula is C17H21N3O3. The van der Waals surface area contributed by atoms with Gasteiger partial charge in [-0.25, -0.2) is 5.10 Å². The Balaban J connectivity index is 1.96. The standard InChI is InChI=1S/C17H21N3O3/c1-11(2)13-10-12(4-6-15(13)23-3)8-9-18-17(22)14-5-7-16(21)20-19-14/h4-7,10-11H,8-9H2,1-3H3,(H,18,22)(H,20,21). The van der Waals surface area contributed by atoms with Crippen molar-refractivity contribution in [3.63, 3.8) is 0 Å². The number of hydrogen-bond donors (Lipinski definition) is 2. The Hall–Kier alpha value is -2.63. The summed E-state index contributed by atoms with van der Waals surface area (Å²) in [4.78, 5) is 22.8. The van der Waals surface area contributed by atoms with Crippen LogP contribution in [0.25, 0.3) is 0 Å². The molecule has 0 aliphatic carbocycles. The minimum Gasteiger partial charge on any atom is -0.496 e. The Morgan fingerprint density at radius 3 is 2.70 bits per heavy atom. The van der Waals surface area contributed by atoms with Crippen molar-refractivity contribution in [2.24, 2.45) is 0 Å². The molecule has 23 heavy (non-hydrogen) atoms. The van der Waals surface area contributed by atoms with Gasteiger partial charge in [0.25, 0.3) is 11.5 Å². The number of rotatable bonds is 6. The summed E-state index contributed by atoms with van der Waals surface area (Å²) in [7, 11) is 1.66. The van der Waals surface area contributed by atoms with E-state index in [0.717, 1.165) is 16.9 Å². The second kappa shape index (κ2) is 7.58. The van der Waals surface area contributed by atoms with Gasteiger partial charge in [0.2, 0.25) is 0 Å². The van der Waals surface area contributed by atoms with Crippen LogP contribution in [-0.4, -0.2) is 29.8 Å². The van der Waals surface area contributed by atoms with E-state index in [0.29, 0.717) is 18.9 Å². The number of carbonyl (C=O) groups excluding carboxylic acids is 1. The van der Waals surface area contributed by atoms with Gasteiger partial charge in [-0.05, 0) is 35.6 Å². The normalized spacial score (nSPS) is 10.6. The predicted molar refractivity (Wildman–Crippen MR) is 88.0 cm³/mol. The van der Waals surface area contributed by atoms with E-state index in [4.69, 9.17) is 4.74 Å². The molecule has 122 valence electrons. The molecule has 0 aliphatic rings. The summed E-state index contributed by atoms with van der Waals surface area (Å²) >= 11 is 0. The molecule has 6 heteroatoms. The number of aromatic nitrogens is 2. The van der Waals surface area contributed by atoms with Gasteiger partial charge in [0.1, 0.15) is 11.4 Å². The Kier molecular flexibility index (Phi) is 5.51. The average molecular weight is 315 g/mol. The van der Waals surface area contributed by atoms with Crippen LogP contribution in [0.15, 0.2) is 35.1 Å². The molecule has 0 spiro atoms. The van der Waals surface area contributed by atoms with Crippen LogP contribution in [0.1, 0.15) is 41.4 Å². The van der Waals surface area contributed by atoms with E-state index < -0.39 is 0 Å². The highest BCUT2D eigenvalue weighted by Gasteiger charge is 2.09. The lowest BCUT2D eigenvalue weighted by molar-refractivity contribution is 0.0948. The van der Waals surface area contributed by atoms with E-state index in [-0.39, 0.29) is 17.2 Å². The predicted octanol–water partition coefficient (Wildman–Crippen LogP) is 1.87. The fourth-order valence-corrected chi connectivity index (χ4v) is 2.27. The van der Waals surface area contributed by atoms with Gasteiger partial charge >= 0.3 is 0 Å². The molecule has 2 rings (SSSR count). The number of nitrogens with zero attached hydrogens (tertiary/aromatic N) is 1. The Bertz CT molecular complexity index is 718. The van der Waals surface area contributed by atoms with Crippen molar-refractivity contribution in [1.82, 2.24) is 15.5 Å². The molecule has 0 bridgehead atoms. The van der Waals surface area contributed by atoms with E-state index in [9.17, 15) is 9.59 Å². The molecule has 0 saturated heterocycles. The zero-order chi connectivity index (χ0) is 16.8. The molecule has 1 aromatic carbocycles. The molecule has 0 unspecified atom stereocenters. The van der Waals surface area contributed by atoms with Crippen molar-refractivity contribution in [2.75, 3.05) is 13.7 Å². The van der Waals surface area contributed by atoms with Gasteiger partial charge in [-0.3, -0.25) is 9.59 Å². The number of aromatic amines is 1. The molecule has 0 atom stereocenters. The van der Waals surface area contributed by atoms with Crippen LogP contribution in [-0.2, 0) is 6.42 Å². The van der Waals surface area contributed by atoms with E-state index in [2.05, 4.69) is 35.4 Å². The molecule has 1 aromatic heterocycles. The van der Waals surface area contributed by atoms with E-state index in [1.165, 1.54) is 12.1 Å². The topological polar surface area (TPSA) is 84.1 Å². The summed E-state index contributed by atoms with van der Waals surface area (Å²) in [6.45, 7) is 4.72. The van der Waals surface area contributed by atoms with Gasteiger partial charge in [-0.1, -0.05) is 26.0 Å². The Morgan fingerprint density at radius 2 is 2.09 bits per heavy atom. The summed E-state index contributed by atoms with van der Waals surface area (Å²) in [6.07, 6.45) is 0.707. The van der Waals surface area contributed by atoms with Crippen LogP contribution in [0.5, 0.6) is 5.75 Å². The molecule has 2 N–H and O–H groups in total. The lowest BCUT2D eigenvalue weighted by Gasteiger charge is -2.13. The quantitative estimate of drug-likeness (QED) is 0.852. The average Bonchev–Trinajstić information content (AvgIpc) is 2.55. The summed E-state index contributed by atoms with van der Waals surface area (Å²) in [5, 5.41) is 8.73.